The molecule has 8 heteroatoms. The fourth-order valence-corrected chi connectivity index (χ4v) is 6.57. The summed E-state index contributed by atoms with van der Waals surface area (Å²) in [6.07, 6.45) is 0.0448. The molecular weight excluding hydrogens is 433 g/mol. The van der Waals surface area contributed by atoms with Crippen LogP contribution >= 0.6 is 11.3 Å². The van der Waals surface area contributed by atoms with Gasteiger partial charge in [-0.1, -0.05) is 26.0 Å². The summed E-state index contributed by atoms with van der Waals surface area (Å²) >= 11 is 1.50. The maximum atomic E-state index is 14.0. The quantitative estimate of drug-likeness (QED) is 0.679. The van der Waals surface area contributed by atoms with Crippen molar-refractivity contribution in [2.75, 3.05) is 0 Å². The molecule has 32 heavy (non-hydrogen) atoms. The number of phenols is 1. The second-order valence-electron chi connectivity index (χ2n) is 9.47. The molecule has 1 aliphatic carbocycles. The van der Waals surface area contributed by atoms with E-state index in [0.717, 1.165) is 4.88 Å². The van der Waals surface area contributed by atoms with Crippen LogP contribution in [0.25, 0.3) is 0 Å². The smallest absolute Gasteiger partial charge is 0.233 e. The zero-order valence-corrected chi connectivity index (χ0v) is 18.7. The van der Waals surface area contributed by atoms with Crippen LogP contribution < -0.4 is 0 Å². The second-order valence-corrected chi connectivity index (χ2v) is 10.5. The summed E-state index contributed by atoms with van der Waals surface area (Å²) in [6, 6.07) is 7.81. The molecule has 3 aliphatic rings. The topological polar surface area (TPSA) is 87.1 Å². The highest BCUT2D eigenvalue weighted by molar-refractivity contribution is 7.09. The van der Waals surface area contributed by atoms with Crippen LogP contribution in [-0.4, -0.2) is 32.7 Å². The number of hydrogen-bond donors (Lipinski definition) is 2. The van der Waals surface area contributed by atoms with Gasteiger partial charge in [0.1, 0.15) is 0 Å². The number of thiophene rings is 1. The number of halogens is 1. The lowest BCUT2D eigenvalue weighted by Crippen LogP contribution is -2.55. The fourth-order valence-electron chi connectivity index (χ4n) is 5.88. The Kier molecular flexibility index (Phi) is 5.15. The van der Waals surface area contributed by atoms with E-state index in [1.807, 2.05) is 31.4 Å². The van der Waals surface area contributed by atoms with E-state index in [1.165, 1.54) is 28.4 Å². The summed E-state index contributed by atoms with van der Waals surface area (Å²) in [4.78, 5) is 29.0. The molecule has 0 bridgehead atoms. The molecule has 1 saturated carbocycles. The SMILES string of the molecule is CC(C)[C@H]1C[C@@H]2C(=O)N(Cc3cccs3)C(=O)[C@@H]2[C@@H]2C[C@@H](c3ccc(O)c(F)c3)O[C@]12O. The van der Waals surface area contributed by atoms with Gasteiger partial charge in [0, 0.05) is 16.7 Å². The Bertz CT molecular complexity index is 1060. The average molecular weight is 460 g/mol. The molecule has 6 nitrogen and oxygen atoms in total. The minimum Gasteiger partial charge on any atom is -0.505 e. The van der Waals surface area contributed by atoms with E-state index in [2.05, 4.69) is 0 Å². The summed E-state index contributed by atoms with van der Waals surface area (Å²) in [5.74, 6) is -5.27. The lowest BCUT2D eigenvalue weighted by Gasteiger charge is -2.46. The first-order valence-electron chi connectivity index (χ1n) is 11.0. The van der Waals surface area contributed by atoms with Crippen LogP contribution in [0, 0.1) is 35.4 Å². The fraction of sp³-hybridized carbons (Fsp3) is 0.500. The standard InChI is InChI=1S/C24H26FNO5S/c1-12(2)16-9-15-21(23(29)26(22(15)28)11-14-4-3-7-32-14)17-10-20(31-24(16,17)30)13-5-6-19(27)18(25)8-13/h3-8,12,15-17,20-21,27,30H,9-11H2,1-2H3/t15-,16+,17-,20-,21-,24+/m0/s1. The molecule has 3 heterocycles. The number of aromatic hydroxyl groups is 1. The maximum absolute atomic E-state index is 14.0. The van der Waals surface area contributed by atoms with Crippen molar-refractivity contribution in [3.8, 4) is 5.75 Å². The summed E-state index contributed by atoms with van der Waals surface area (Å²) in [6.45, 7) is 4.19. The lowest BCUT2D eigenvalue weighted by molar-refractivity contribution is -0.276. The average Bonchev–Trinajstić information content (AvgIpc) is 3.43. The van der Waals surface area contributed by atoms with Gasteiger partial charge in [-0.3, -0.25) is 14.5 Å². The molecule has 6 atom stereocenters. The van der Waals surface area contributed by atoms with Crippen LogP contribution in [0.4, 0.5) is 4.39 Å². The molecule has 2 aliphatic heterocycles. The van der Waals surface area contributed by atoms with Crippen LogP contribution in [0.15, 0.2) is 35.7 Å². The molecule has 2 N–H and O–H groups in total. The van der Waals surface area contributed by atoms with Gasteiger partial charge in [-0.05, 0) is 47.9 Å². The number of imide groups is 1. The first-order valence-corrected chi connectivity index (χ1v) is 11.8. The minimum atomic E-state index is -1.58. The van der Waals surface area contributed by atoms with Crippen molar-refractivity contribution >= 4 is 23.2 Å². The van der Waals surface area contributed by atoms with Gasteiger partial charge in [0.15, 0.2) is 17.4 Å². The van der Waals surface area contributed by atoms with Crippen molar-refractivity contribution < 1.29 is 28.9 Å². The third-order valence-electron chi connectivity index (χ3n) is 7.41. The Labute approximate surface area is 189 Å². The molecule has 3 fully saturated rings. The molecule has 2 saturated heterocycles. The molecule has 0 unspecified atom stereocenters. The van der Waals surface area contributed by atoms with Gasteiger partial charge in [-0.25, -0.2) is 4.39 Å². The molecule has 0 spiro atoms. The zero-order valence-electron chi connectivity index (χ0n) is 17.9. The van der Waals surface area contributed by atoms with Gasteiger partial charge in [0.2, 0.25) is 11.8 Å². The summed E-state index contributed by atoms with van der Waals surface area (Å²) in [5, 5.41) is 23.2. The predicted molar refractivity (Wildman–Crippen MR) is 115 cm³/mol. The number of ether oxygens (including phenoxy) is 1. The molecule has 1 aromatic carbocycles. The monoisotopic (exact) mass is 459 g/mol. The van der Waals surface area contributed by atoms with Crippen molar-refractivity contribution in [3.63, 3.8) is 0 Å². The number of aliphatic hydroxyl groups is 1. The van der Waals surface area contributed by atoms with E-state index in [9.17, 15) is 24.2 Å². The van der Waals surface area contributed by atoms with Gasteiger partial charge in [-0.2, -0.15) is 0 Å². The molecule has 170 valence electrons. The van der Waals surface area contributed by atoms with E-state index < -0.39 is 41.2 Å². The first-order chi connectivity index (χ1) is 15.2. The molecule has 0 radical (unpaired) electrons. The number of carbonyl (C=O) groups is 2. The second kappa shape index (κ2) is 7.64. The van der Waals surface area contributed by atoms with E-state index >= 15 is 0 Å². The van der Waals surface area contributed by atoms with Crippen molar-refractivity contribution in [1.29, 1.82) is 0 Å². The predicted octanol–water partition coefficient (Wildman–Crippen LogP) is 3.84. The number of rotatable bonds is 4. The Morgan fingerprint density at radius 2 is 2.03 bits per heavy atom. The number of carbonyl (C=O) groups excluding carboxylic acids is 2. The lowest BCUT2D eigenvalue weighted by atomic mass is 9.62. The largest absolute Gasteiger partial charge is 0.505 e. The molecule has 1 aromatic heterocycles. The summed E-state index contributed by atoms with van der Waals surface area (Å²) in [7, 11) is 0. The van der Waals surface area contributed by atoms with Crippen LogP contribution in [0.2, 0.25) is 0 Å². The highest BCUT2D eigenvalue weighted by Crippen LogP contribution is 2.59. The maximum Gasteiger partial charge on any atom is 0.233 e. The van der Waals surface area contributed by atoms with Gasteiger partial charge in [0.25, 0.3) is 0 Å². The first kappa shape index (κ1) is 21.6. The molecule has 2 aromatic rings. The van der Waals surface area contributed by atoms with Crippen LogP contribution in [0.1, 0.15) is 43.2 Å². The Hall–Kier alpha value is -2.29. The molecule has 5 rings (SSSR count). The molecular formula is C24H26FNO5S. The third kappa shape index (κ3) is 3.19. The Morgan fingerprint density at radius 3 is 2.69 bits per heavy atom. The van der Waals surface area contributed by atoms with Crippen LogP contribution in [-0.2, 0) is 20.9 Å². The van der Waals surface area contributed by atoms with Crippen LogP contribution in [0.3, 0.4) is 0 Å². The van der Waals surface area contributed by atoms with E-state index in [4.69, 9.17) is 4.74 Å². The zero-order chi connectivity index (χ0) is 22.8. The normalized spacial score (nSPS) is 34.3. The van der Waals surface area contributed by atoms with Crippen LogP contribution in [0.5, 0.6) is 5.75 Å². The number of likely N-dealkylation sites (tertiary alicyclic amines) is 1. The number of amides is 2. The van der Waals surface area contributed by atoms with Gasteiger partial charge in [0.05, 0.1) is 24.5 Å². The van der Waals surface area contributed by atoms with Gasteiger partial charge in [-0.15, -0.1) is 11.3 Å². The number of benzene rings is 1. The van der Waals surface area contributed by atoms with Crippen molar-refractivity contribution in [1.82, 2.24) is 4.90 Å². The highest BCUT2D eigenvalue weighted by Gasteiger charge is 2.67. The third-order valence-corrected chi connectivity index (χ3v) is 8.27. The van der Waals surface area contributed by atoms with E-state index in [-0.39, 0.29) is 30.2 Å². The highest BCUT2D eigenvalue weighted by atomic mass is 32.1. The summed E-state index contributed by atoms with van der Waals surface area (Å²) < 4.78 is 20.2. The number of phenolic OH excluding ortho intramolecular Hbond substituents is 1. The number of nitrogens with zero attached hydrogens (tertiary/aromatic N) is 1. The van der Waals surface area contributed by atoms with E-state index in [0.29, 0.717) is 18.4 Å². The molecule has 2 amide bonds. The van der Waals surface area contributed by atoms with Gasteiger partial charge < -0.3 is 14.9 Å². The minimum absolute atomic E-state index is 0.0213. The van der Waals surface area contributed by atoms with Gasteiger partial charge >= 0.3 is 0 Å². The van der Waals surface area contributed by atoms with Crippen molar-refractivity contribution in [2.24, 2.45) is 29.6 Å². The Balaban J connectivity index is 1.50. The van der Waals surface area contributed by atoms with Crippen molar-refractivity contribution in [3.05, 3.63) is 52.0 Å². The Morgan fingerprint density at radius 1 is 1.25 bits per heavy atom. The van der Waals surface area contributed by atoms with E-state index in [1.54, 1.807) is 6.07 Å². The number of hydrogen-bond acceptors (Lipinski definition) is 6. The van der Waals surface area contributed by atoms with Crippen molar-refractivity contribution in [2.45, 2.75) is 45.1 Å². The summed E-state index contributed by atoms with van der Waals surface area (Å²) in [5.41, 5.74) is 0.495. The number of fused-ring (bicyclic) bond motifs is 3.